The zero-order valence-electron chi connectivity index (χ0n) is 11.8. The van der Waals surface area contributed by atoms with Crippen molar-refractivity contribution in [1.29, 1.82) is 5.26 Å². The second-order valence-electron chi connectivity index (χ2n) is 5.36. The average Bonchev–Trinajstić information content (AvgIpc) is 3.08. The predicted molar refractivity (Wildman–Crippen MR) is 75.9 cm³/mol. The molecule has 0 radical (unpaired) electrons. The summed E-state index contributed by atoms with van der Waals surface area (Å²) < 4.78 is 7.50. The van der Waals surface area contributed by atoms with Crippen molar-refractivity contribution in [3.05, 3.63) is 30.1 Å². The van der Waals surface area contributed by atoms with E-state index in [1.807, 2.05) is 6.07 Å². The molecule has 0 bridgehead atoms. The van der Waals surface area contributed by atoms with Crippen LogP contribution in [0.25, 0.3) is 5.69 Å². The second-order valence-corrected chi connectivity index (χ2v) is 5.36. The Morgan fingerprint density at radius 1 is 1.29 bits per heavy atom. The standard InChI is InChI=1S/C15H17N5O/c16-9-13-6-7-15(14(8-13)20-11-17-18-19-20)21-10-12-4-2-1-3-5-12/h6-8,11-12H,1-5,10H2. The molecule has 0 amide bonds. The number of hydrogen-bond donors (Lipinski definition) is 0. The van der Waals surface area contributed by atoms with Gasteiger partial charge in [-0.05, 0) is 47.4 Å². The van der Waals surface area contributed by atoms with E-state index < -0.39 is 0 Å². The van der Waals surface area contributed by atoms with Crippen molar-refractivity contribution < 1.29 is 4.74 Å². The molecule has 0 saturated heterocycles. The van der Waals surface area contributed by atoms with Gasteiger partial charge < -0.3 is 4.74 Å². The number of ether oxygens (including phenoxy) is 1. The maximum atomic E-state index is 9.03. The summed E-state index contributed by atoms with van der Waals surface area (Å²) in [6.07, 6.45) is 7.89. The molecule has 6 nitrogen and oxygen atoms in total. The van der Waals surface area contributed by atoms with Crippen molar-refractivity contribution in [2.75, 3.05) is 6.61 Å². The van der Waals surface area contributed by atoms with Crippen LogP contribution in [0.3, 0.4) is 0 Å². The molecule has 0 N–H and O–H groups in total. The van der Waals surface area contributed by atoms with Crippen molar-refractivity contribution in [1.82, 2.24) is 20.2 Å². The Kier molecular flexibility index (Phi) is 4.10. The maximum absolute atomic E-state index is 9.03. The van der Waals surface area contributed by atoms with E-state index in [0.29, 0.717) is 29.5 Å². The van der Waals surface area contributed by atoms with E-state index in [-0.39, 0.29) is 0 Å². The fourth-order valence-corrected chi connectivity index (χ4v) is 2.72. The molecule has 0 unspecified atom stereocenters. The molecule has 0 spiro atoms. The third-order valence-electron chi connectivity index (χ3n) is 3.88. The van der Waals surface area contributed by atoms with Crippen molar-refractivity contribution in [3.63, 3.8) is 0 Å². The van der Waals surface area contributed by atoms with E-state index in [1.54, 1.807) is 12.1 Å². The molecule has 1 aromatic carbocycles. The molecule has 1 heterocycles. The van der Waals surface area contributed by atoms with Gasteiger partial charge >= 0.3 is 0 Å². The highest BCUT2D eigenvalue weighted by Crippen LogP contribution is 2.27. The zero-order valence-corrected chi connectivity index (χ0v) is 11.8. The summed E-state index contributed by atoms with van der Waals surface area (Å²) in [6.45, 7) is 0.709. The minimum Gasteiger partial charge on any atom is -0.491 e. The van der Waals surface area contributed by atoms with Crippen LogP contribution in [0.15, 0.2) is 24.5 Å². The molecule has 3 rings (SSSR count). The lowest BCUT2D eigenvalue weighted by Crippen LogP contribution is -2.16. The third-order valence-corrected chi connectivity index (χ3v) is 3.88. The van der Waals surface area contributed by atoms with Crippen molar-refractivity contribution in [2.24, 2.45) is 5.92 Å². The predicted octanol–water partition coefficient (Wildman–Crippen LogP) is 2.49. The van der Waals surface area contributed by atoms with Gasteiger partial charge in [0.05, 0.1) is 18.2 Å². The summed E-state index contributed by atoms with van der Waals surface area (Å²) in [4.78, 5) is 0. The number of hydrogen-bond acceptors (Lipinski definition) is 5. The molecule has 0 atom stereocenters. The number of tetrazole rings is 1. The van der Waals surface area contributed by atoms with E-state index >= 15 is 0 Å². The first-order chi connectivity index (χ1) is 10.4. The summed E-state index contributed by atoms with van der Waals surface area (Å²) in [5.74, 6) is 1.34. The average molecular weight is 283 g/mol. The topological polar surface area (TPSA) is 76.6 Å². The molecular formula is C15H17N5O. The number of benzene rings is 1. The van der Waals surface area contributed by atoms with Crippen LogP contribution >= 0.6 is 0 Å². The van der Waals surface area contributed by atoms with Crippen LogP contribution in [0.5, 0.6) is 5.75 Å². The Morgan fingerprint density at radius 3 is 2.86 bits per heavy atom. The van der Waals surface area contributed by atoms with Gasteiger partial charge in [0.2, 0.25) is 0 Å². The van der Waals surface area contributed by atoms with E-state index in [4.69, 9.17) is 10.00 Å². The summed E-state index contributed by atoms with van der Waals surface area (Å²) >= 11 is 0. The van der Waals surface area contributed by atoms with Crippen molar-refractivity contribution in [2.45, 2.75) is 32.1 Å². The van der Waals surface area contributed by atoms with Crippen LogP contribution in [0.2, 0.25) is 0 Å². The van der Waals surface area contributed by atoms with Crippen LogP contribution in [0, 0.1) is 17.2 Å². The van der Waals surface area contributed by atoms with Gasteiger partial charge in [-0.3, -0.25) is 0 Å². The van der Waals surface area contributed by atoms with E-state index in [0.717, 1.165) is 0 Å². The molecule has 0 aliphatic heterocycles. The monoisotopic (exact) mass is 283 g/mol. The first kappa shape index (κ1) is 13.6. The molecule has 21 heavy (non-hydrogen) atoms. The first-order valence-corrected chi connectivity index (χ1v) is 7.27. The molecular weight excluding hydrogens is 266 g/mol. The SMILES string of the molecule is N#Cc1ccc(OCC2CCCCC2)c(-n2cnnn2)c1. The van der Waals surface area contributed by atoms with Crippen LogP contribution in [0.4, 0.5) is 0 Å². The Labute approximate surface area is 123 Å². The normalized spacial score (nSPS) is 15.6. The molecule has 108 valence electrons. The van der Waals surface area contributed by atoms with Gasteiger partial charge in [0, 0.05) is 0 Å². The minimum atomic E-state index is 0.561. The Bertz CT molecular complexity index is 626. The number of rotatable bonds is 4. The highest BCUT2D eigenvalue weighted by Gasteiger charge is 2.16. The van der Waals surface area contributed by atoms with Gasteiger partial charge in [0.25, 0.3) is 0 Å². The second kappa shape index (κ2) is 6.35. The van der Waals surface area contributed by atoms with Gasteiger partial charge in [0.15, 0.2) is 0 Å². The highest BCUT2D eigenvalue weighted by atomic mass is 16.5. The minimum absolute atomic E-state index is 0.561. The van der Waals surface area contributed by atoms with Gasteiger partial charge in [-0.15, -0.1) is 5.10 Å². The van der Waals surface area contributed by atoms with Gasteiger partial charge in [-0.1, -0.05) is 19.3 Å². The largest absolute Gasteiger partial charge is 0.491 e. The molecule has 1 aliphatic carbocycles. The molecule has 1 fully saturated rings. The van der Waals surface area contributed by atoms with E-state index in [1.165, 1.54) is 43.1 Å². The number of nitrogens with zero attached hydrogens (tertiary/aromatic N) is 5. The highest BCUT2D eigenvalue weighted by molar-refractivity contribution is 5.51. The fourth-order valence-electron chi connectivity index (χ4n) is 2.72. The molecule has 2 aromatic rings. The lowest BCUT2D eigenvalue weighted by atomic mass is 9.90. The van der Waals surface area contributed by atoms with Crippen molar-refractivity contribution in [3.8, 4) is 17.5 Å². The smallest absolute Gasteiger partial charge is 0.145 e. The van der Waals surface area contributed by atoms with Crippen LogP contribution in [-0.2, 0) is 0 Å². The third kappa shape index (κ3) is 3.19. The van der Waals surface area contributed by atoms with Gasteiger partial charge in [-0.2, -0.15) is 9.94 Å². The Hall–Kier alpha value is -2.42. The summed E-state index contributed by atoms with van der Waals surface area (Å²) in [5.41, 5.74) is 1.26. The first-order valence-electron chi connectivity index (χ1n) is 7.27. The quantitative estimate of drug-likeness (QED) is 0.861. The van der Waals surface area contributed by atoms with Gasteiger partial charge in [0.1, 0.15) is 17.8 Å². The summed E-state index contributed by atoms with van der Waals surface area (Å²) in [7, 11) is 0. The van der Waals surface area contributed by atoms with Crippen LogP contribution in [0.1, 0.15) is 37.7 Å². The van der Waals surface area contributed by atoms with E-state index in [2.05, 4.69) is 21.6 Å². The summed E-state index contributed by atoms with van der Waals surface area (Å²) in [5, 5.41) is 20.2. The Balaban J connectivity index is 1.79. The number of nitriles is 1. The van der Waals surface area contributed by atoms with Crippen molar-refractivity contribution >= 4 is 0 Å². The van der Waals surface area contributed by atoms with Crippen LogP contribution < -0.4 is 4.74 Å². The zero-order chi connectivity index (χ0) is 14.5. The fraction of sp³-hybridized carbons (Fsp3) is 0.467. The summed E-state index contributed by atoms with van der Waals surface area (Å²) in [6, 6.07) is 7.44. The molecule has 6 heteroatoms. The van der Waals surface area contributed by atoms with Crippen LogP contribution in [-0.4, -0.2) is 26.8 Å². The lowest BCUT2D eigenvalue weighted by molar-refractivity contribution is 0.208. The van der Waals surface area contributed by atoms with E-state index in [9.17, 15) is 0 Å². The molecule has 1 aliphatic rings. The molecule has 1 aromatic heterocycles. The maximum Gasteiger partial charge on any atom is 0.145 e. The number of aromatic nitrogens is 4. The Morgan fingerprint density at radius 2 is 2.14 bits per heavy atom. The lowest BCUT2D eigenvalue weighted by Gasteiger charge is -2.22. The molecule has 1 saturated carbocycles. The van der Waals surface area contributed by atoms with Gasteiger partial charge in [-0.25, -0.2) is 0 Å².